The molecular formula is C20H13Cl2N5. The normalized spacial score (nSPS) is 11.8. The van der Waals surface area contributed by atoms with Gasteiger partial charge in [0.05, 0.1) is 11.4 Å². The minimum Gasteiger partial charge on any atom is -0.336 e. The summed E-state index contributed by atoms with van der Waals surface area (Å²) in [7, 11) is 0. The van der Waals surface area contributed by atoms with Crippen molar-refractivity contribution in [2.45, 2.75) is 0 Å². The average Bonchev–Trinajstić information content (AvgIpc) is 3.05. The molecule has 0 amide bonds. The van der Waals surface area contributed by atoms with Crippen LogP contribution in [0.1, 0.15) is 0 Å². The molecule has 0 saturated carbocycles. The number of benzene rings is 3. The lowest BCUT2D eigenvalue weighted by molar-refractivity contribution is 1.16. The first kappa shape index (κ1) is 17.4. The number of nitrogens with zero attached hydrogens (tertiary/aromatic N) is 4. The molecule has 132 valence electrons. The van der Waals surface area contributed by atoms with E-state index >= 15 is 0 Å². The summed E-state index contributed by atoms with van der Waals surface area (Å²) in [6, 6.07) is 22.1. The van der Waals surface area contributed by atoms with E-state index in [1.54, 1.807) is 48.5 Å². The molecule has 0 aliphatic carbocycles. The van der Waals surface area contributed by atoms with Crippen LogP contribution in [0.4, 0.5) is 22.9 Å². The summed E-state index contributed by atoms with van der Waals surface area (Å²) in [5.74, 6) is 0.531. The topological polar surface area (TPSA) is 65.2 Å². The van der Waals surface area contributed by atoms with Gasteiger partial charge in [-0.05, 0) is 54.6 Å². The molecule has 4 rings (SSSR count). The minimum absolute atomic E-state index is 0.531. The number of H-pyrrole nitrogens is 1. The van der Waals surface area contributed by atoms with Crippen molar-refractivity contribution in [3.05, 3.63) is 82.8 Å². The van der Waals surface area contributed by atoms with E-state index < -0.39 is 0 Å². The van der Waals surface area contributed by atoms with Gasteiger partial charge in [-0.1, -0.05) is 41.4 Å². The van der Waals surface area contributed by atoms with Crippen molar-refractivity contribution in [2.24, 2.45) is 20.5 Å². The third-order valence-electron chi connectivity index (χ3n) is 3.84. The zero-order valence-electron chi connectivity index (χ0n) is 14.0. The van der Waals surface area contributed by atoms with Gasteiger partial charge in [-0.3, -0.25) is 0 Å². The zero-order chi connectivity index (χ0) is 18.6. The lowest BCUT2D eigenvalue weighted by atomic mass is 10.2. The van der Waals surface area contributed by atoms with Crippen LogP contribution in [0.25, 0.3) is 10.9 Å². The quantitative estimate of drug-likeness (QED) is 0.338. The second-order valence-corrected chi connectivity index (χ2v) is 6.59. The SMILES string of the molecule is Clc1ccc(/N=N/c2[nH]c3ccccc3c2/N=N/c2ccc(Cl)cc2)cc1. The summed E-state index contributed by atoms with van der Waals surface area (Å²) >= 11 is 11.8. The van der Waals surface area contributed by atoms with Crippen molar-refractivity contribution >= 4 is 57.0 Å². The van der Waals surface area contributed by atoms with E-state index in [-0.39, 0.29) is 0 Å². The Morgan fingerprint density at radius 3 is 1.78 bits per heavy atom. The van der Waals surface area contributed by atoms with Crippen LogP contribution in [0.5, 0.6) is 0 Å². The smallest absolute Gasteiger partial charge is 0.181 e. The Morgan fingerprint density at radius 2 is 1.15 bits per heavy atom. The average molecular weight is 394 g/mol. The maximum atomic E-state index is 5.91. The molecule has 0 saturated heterocycles. The molecule has 0 unspecified atom stereocenters. The summed E-state index contributed by atoms with van der Waals surface area (Å²) in [4.78, 5) is 3.23. The summed E-state index contributed by atoms with van der Waals surface area (Å²) in [6.45, 7) is 0. The molecule has 0 radical (unpaired) electrons. The highest BCUT2D eigenvalue weighted by Crippen LogP contribution is 2.38. The van der Waals surface area contributed by atoms with Gasteiger partial charge in [0, 0.05) is 20.9 Å². The summed E-state index contributed by atoms with van der Waals surface area (Å²) in [6.07, 6.45) is 0. The van der Waals surface area contributed by atoms with Crippen molar-refractivity contribution in [1.29, 1.82) is 0 Å². The lowest BCUT2D eigenvalue weighted by Crippen LogP contribution is -1.67. The highest BCUT2D eigenvalue weighted by atomic mass is 35.5. The molecule has 3 aromatic carbocycles. The standard InChI is InChI=1S/C20H13Cl2N5/c21-13-5-9-15(10-6-13)24-26-19-17-3-1-2-4-18(17)23-20(19)27-25-16-11-7-14(22)8-12-16/h1-12,23H/b26-24+,27-25+. The molecule has 1 N–H and O–H groups in total. The number of nitrogens with one attached hydrogen (secondary N) is 1. The van der Waals surface area contributed by atoms with Gasteiger partial charge in [0.25, 0.3) is 0 Å². The fourth-order valence-electron chi connectivity index (χ4n) is 2.52. The van der Waals surface area contributed by atoms with E-state index in [9.17, 15) is 0 Å². The molecule has 0 fully saturated rings. The predicted molar refractivity (Wildman–Crippen MR) is 110 cm³/mol. The number of aromatic nitrogens is 1. The van der Waals surface area contributed by atoms with Crippen LogP contribution in [0.3, 0.4) is 0 Å². The first-order chi connectivity index (χ1) is 13.2. The molecule has 0 bridgehead atoms. The van der Waals surface area contributed by atoms with Crippen LogP contribution >= 0.6 is 23.2 Å². The number of hydrogen-bond acceptors (Lipinski definition) is 4. The summed E-state index contributed by atoms with van der Waals surface area (Å²) in [5.41, 5.74) is 2.93. The van der Waals surface area contributed by atoms with Crippen LogP contribution in [0, 0.1) is 0 Å². The molecule has 5 nitrogen and oxygen atoms in total. The highest BCUT2D eigenvalue weighted by molar-refractivity contribution is 6.30. The fraction of sp³-hybridized carbons (Fsp3) is 0. The van der Waals surface area contributed by atoms with E-state index in [1.165, 1.54) is 0 Å². The second kappa shape index (κ2) is 7.70. The van der Waals surface area contributed by atoms with E-state index in [0.717, 1.165) is 10.9 Å². The number of azo groups is 2. The number of rotatable bonds is 4. The van der Waals surface area contributed by atoms with Gasteiger partial charge in [0.15, 0.2) is 5.82 Å². The largest absolute Gasteiger partial charge is 0.336 e. The monoisotopic (exact) mass is 393 g/mol. The van der Waals surface area contributed by atoms with Gasteiger partial charge in [-0.15, -0.1) is 15.3 Å². The van der Waals surface area contributed by atoms with Gasteiger partial charge in [-0.2, -0.15) is 5.11 Å². The van der Waals surface area contributed by atoms with Crippen molar-refractivity contribution < 1.29 is 0 Å². The number of halogens is 2. The van der Waals surface area contributed by atoms with Gasteiger partial charge >= 0.3 is 0 Å². The number of para-hydroxylation sites is 1. The molecule has 0 aliphatic heterocycles. The summed E-state index contributed by atoms with van der Waals surface area (Å²) < 4.78 is 0. The van der Waals surface area contributed by atoms with E-state index in [0.29, 0.717) is 32.9 Å². The van der Waals surface area contributed by atoms with Crippen LogP contribution in [-0.4, -0.2) is 4.98 Å². The molecule has 1 aromatic heterocycles. The van der Waals surface area contributed by atoms with Crippen LogP contribution in [0.15, 0.2) is 93.3 Å². The molecule has 7 heteroatoms. The van der Waals surface area contributed by atoms with Crippen LogP contribution in [-0.2, 0) is 0 Å². The zero-order valence-corrected chi connectivity index (χ0v) is 15.5. The Balaban J connectivity index is 1.72. The molecule has 27 heavy (non-hydrogen) atoms. The summed E-state index contributed by atoms with van der Waals surface area (Å²) in [5, 5.41) is 19.5. The molecular weight excluding hydrogens is 381 g/mol. The van der Waals surface area contributed by atoms with E-state index in [4.69, 9.17) is 23.2 Å². The van der Waals surface area contributed by atoms with Crippen molar-refractivity contribution in [2.75, 3.05) is 0 Å². The van der Waals surface area contributed by atoms with Gasteiger partial charge in [-0.25, -0.2) is 0 Å². The Kier molecular flexibility index (Phi) is 4.96. The van der Waals surface area contributed by atoms with E-state index in [1.807, 2.05) is 24.3 Å². The van der Waals surface area contributed by atoms with Gasteiger partial charge < -0.3 is 4.98 Å². The van der Waals surface area contributed by atoms with Gasteiger partial charge in [0.2, 0.25) is 0 Å². The molecule has 1 heterocycles. The first-order valence-corrected chi connectivity index (χ1v) is 8.90. The Morgan fingerprint density at radius 1 is 0.593 bits per heavy atom. The number of hydrogen-bond donors (Lipinski definition) is 1. The fourth-order valence-corrected chi connectivity index (χ4v) is 2.77. The molecule has 0 atom stereocenters. The third kappa shape index (κ3) is 4.05. The lowest BCUT2D eigenvalue weighted by Gasteiger charge is -1.95. The predicted octanol–water partition coefficient (Wildman–Crippen LogP) is 8.31. The maximum Gasteiger partial charge on any atom is 0.181 e. The maximum absolute atomic E-state index is 5.91. The van der Waals surface area contributed by atoms with Crippen molar-refractivity contribution in [1.82, 2.24) is 4.98 Å². The first-order valence-electron chi connectivity index (χ1n) is 8.14. The van der Waals surface area contributed by atoms with Crippen molar-refractivity contribution in [3.63, 3.8) is 0 Å². The Bertz CT molecular complexity index is 1130. The van der Waals surface area contributed by atoms with Crippen LogP contribution in [0.2, 0.25) is 10.0 Å². The molecule has 0 spiro atoms. The third-order valence-corrected chi connectivity index (χ3v) is 4.35. The van der Waals surface area contributed by atoms with E-state index in [2.05, 4.69) is 25.4 Å². The molecule has 0 aliphatic rings. The number of aromatic amines is 1. The minimum atomic E-state index is 0.531. The highest BCUT2D eigenvalue weighted by Gasteiger charge is 2.10. The Hall–Kier alpha value is -3.02. The number of fused-ring (bicyclic) bond motifs is 1. The van der Waals surface area contributed by atoms with Crippen molar-refractivity contribution in [3.8, 4) is 0 Å². The molecule has 4 aromatic rings. The van der Waals surface area contributed by atoms with Crippen LogP contribution < -0.4 is 0 Å². The second-order valence-electron chi connectivity index (χ2n) is 5.72. The van der Waals surface area contributed by atoms with Gasteiger partial charge in [0.1, 0.15) is 5.69 Å². The Labute approximate surface area is 165 Å².